The standard InChI is InChI=1S/C21H23ClN2O3/c22-17-9-7-16(8-10-17)20(26)24-12-4-11-21(14-24,13-19(23)25)15-27-18-5-2-1-3-6-18/h1-3,5-10H,4,11-15H2,(H2,23,25). The van der Waals surface area contributed by atoms with Gasteiger partial charge in [0.15, 0.2) is 0 Å². The second-order valence-corrected chi connectivity index (χ2v) is 7.52. The van der Waals surface area contributed by atoms with E-state index in [1.54, 1.807) is 29.2 Å². The minimum atomic E-state index is -0.484. The van der Waals surface area contributed by atoms with Crippen molar-refractivity contribution in [3.05, 3.63) is 65.2 Å². The van der Waals surface area contributed by atoms with Crippen molar-refractivity contribution in [3.63, 3.8) is 0 Å². The largest absolute Gasteiger partial charge is 0.493 e. The molecule has 27 heavy (non-hydrogen) atoms. The van der Waals surface area contributed by atoms with Gasteiger partial charge in [-0.05, 0) is 49.2 Å². The summed E-state index contributed by atoms with van der Waals surface area (Å²) >= 11 is 5.91. The Hall–Kier alpha value is -2.53. The summed E-state index contributed by atoms with van der Waals surface area (Å²) in [6.45, 7) is 1.42. The first-order valence-corrected chi connectivity index (χ1v) is 9.36. The van der Waals surface area contributed by atoms with Gasteiger partial charge in [0.05, 0.1) is 6.61 Å². The zero-order valence-electron chi connectivity index (χ0n) is 15.1. The van der Waals surface area contributed by atoms with Gasteiger partial charge in [0.25, 0.3) is 5.91 Å². The summed E-state index contributed by atoms with van der Waals surface area (Å²) in [6, 6.07) is 16.3. The Kier molecular flexibility index (Phi) is 6.01. The SMILES string of the molecule is NC(=O)CC1(COc2ccccc2)CCCN(C(=O)c2ccc(Cl)cc2)C1. The van der Waals surface area contributed by atoms with Crippen LogP contribution in [0.15, 0.2) is 54.6 Å². The number of nitrogens with two attached hydrogens (primary N) is 1. The Morgan fingerprint density at radius 1 is 1.11 bits per heavy atom. The van der Waals surface area contributed by atoms with Crippen LogP contribution in [0.2, 0.25) is 5.02 Å². The predicted molar refractivity (Wildman–Crippen MR) is 105 cm³/mol. The van der Waals surface area contributed by atoms with Crippen LogP contribution >= 0.6 is 11.6 Å². The number of piperidine rings is 1. The zero-order valence-corrected chi connectivity index (χ0v) is 15.8. The maximum absolute atomic E-state index is 12.9. The summed E-state index contributed by atoms with van der Waals surface area (Å²) in [7, 11) is 0. The number of nitrogens with zero attached hydrogens (tertiary/aromatic N) is 1. The average Bonchev–Trinajstić information content (AvgIpc) is 2.67. The zero-order chi connectivity index (χ0) is 19.3. The number of likely N-dealkylation sites (tertiary alicyclic amines) is 1. The number of hydrogen-bond acceptors (Lipinski definition) is 3. The quantitative estimate of drug-likeness (QED) is 0.825. The van der Waals surface area contributed by atoms with Crippen LogP contribution < -0.4 is 10.5 Å². The van der Waals surface area contributed by atoms with Crippen molar-refractivity contribution in [3.8, 4) is 5.75 Å². The van der Waals surface area contributed by atoms with Crippen molar-refractivity contribution < 1.29 is 14.3 Å². The fourth-order valence-electron chi connectivity index (χ4n) is 3.59. The molecule has 1 aliphatic heterocycles. The molecule has 1 fully saturated rings. The van der Waals surface area contributed by atoms with Crippen molar-refractivity contribution in [2.75, 3.05) is 19.7 Å². The van der Waals surface area contributed by atoms with E-state index in [0.717, 1.165) is 18.6 Å². The highest BCUT2D eigenvalue weighted by atomic mass is 35.5. The Labute approximate surface area is 164 Å². The molecule has 1 atom stereocenters. The molecule has 2 N–H and O–H groups in total. The molecular formula is C21H23ClN2O3. The molecule has 2 aromatic carbocycles. The maximum Gasteiger partial charge on any atom is 0.253 e. The minimum absolute atomic E-state index is 0.0695. The molecule has 3 rings (SSSR count). The van der Waals surface area contributed by atoms with E-state index in [0.29, 0.717) is 30.3 Å². The van der Waals surface area contributed by atoms with Gasteiger partial charge in [0.2, 0.25) is 5.91 Å². The highest BCUT2D eigenvalue weighted by molar-refractivity contribution is 6.30. The molecule has 0 spiro atoms. The molecule has 6 heteroatoms. The Bertz CT molecular complexity index is 795. The van der Waals surface area contributed by atoms with Crippen molar-refractivity contribution in [2.45, 2.75) is 19.3 Å². The smallest absolute Gasteiger partial charge is 0.253 e. The summed E-state index contributed by atoms with van der Waals surface area (Å²) < 4.78 is 5.94. The lowest BCUT2D eigenvalue weighted by Gasteiger charge is -2.42. The fraction of sp³-hybridized carbons (Fsp3) is 0.333. The molecule has 1 unspecified atom stereocenters. The van der Waals surface area contributed by atoms with Gasteiger partial charge < -0.3 is 15.4 Å². The number of benzene rings is 2. The van der Waals surface area contributed by atoms with Gasteiger partial charge in [-0.25, -0.2) is 0 Å². The van der Waals surface area contributed by atoms with Crippen LogP contribution in [0.5, 0.6) is 5.75 Å². The highest BCUT2D eigenvalue weighted by Gasteiger charge is 2.39. The van der Waals surface area contributed by atoms with Crippen LogP contribution in [0.1, 0.15) is 29.6 Å². The van der Waals surface area contributed by atoms with Crippen LogP contribution in [-0.4, -0.2) is 36.4 Å². The minimum Gasteiger partial charge on any atom is -0.493 e. The molecule has 0 bridgehead atoms. The van der Waals surface area contributed by atoms with Gasteiger partial charge in [-0.1, -0.05) is 29.8 Å². The number of primary amides is 1. The van der Waals surface area contributed by atoms with Crippen LogP contribution in [0.25, 0.3) is 0 Å². The van der Waals surface area contributed by atoms with Crippen molar-refractivity contribution in [1.29, 1.82) is 0 Å². The second kappa shape index (κ2) is 8.44. The first kappa shape index (κ1) is 19.2. The summed E-state index contributed by atoms with van der Waals surface area (Å²) in [5.41, 5.74) is 5.61. The monoisotopic (exact) mass is 386 g/mol. The van der Waals surface area contributed by atoms with E-state index >= 15 is 0 Å². The van der Waals surface area contributed by atoms with E-state index in [1.807, 2.05) is 30.3 Å². The second-order valence-electron chi connectivity index (χ2n) is 7.08. The normalized spacial score (nSPS) is 19.5. The first-order valence-electron chi connectivity index (χ1n) is 8.98. The van der Waals surface area contributed by atoms with Gasteiger partial charge >= 0.3 is 0 Å². The molecule has 0 saturated carbocycles. The number of hydrogen-bond donors (Lipinski definition) is 1. The Morgan fingerprint density at radius 3 is 2.48 bits per heavy atom. The van der Waals surface area contributed by atoms with E-state index in [1.165, 1.54) is 0 Å². The number of carbonyl (C=O) groups excluding carboxylic acids is 2. The number of para-hydroxylation sites is 1. The molecule has 0 aromatic heterocycles. The summed E-state index contributed by atoms with van der Waals surface area (Å²) in [6.07, 6.45) is 1.77. The van der Waals surface area contributed by atoms with Crippen molar-refractivity contribution >= 4 is 23.4 Å². The van der Waals surface area contributed by atoms with Crippen molar-refractivity contribution in [2.24, 2.45) is 11.1 Å². The number of ether oxygens (including phenoxy) is 1. The van der Waals surface area contributed by atoms with Gasteiger partial charge in [0.1, 0.15) is 5.75 Å². The average molecular weight is 387 g/mol. The van der Waals surface area contributed by atoms with Gasteiger partial charge in [-0.3, -0.25) is 9.59 Å². The maximum atomic E-state index is 12.9. The molecule has 0 aliphatic carbocycles. The van der Waals surface area contributed by atoms with E-state index < -0.39 is 5.41 Å². The van der Waals surface area contributed by atoms with Gasteiger partial charge in [-0.15, -0.1) is 0 Å². The summed E-state index contributed by atoms with van der Waals surface area (Å²) in [5, 5.41) is 0.588. The lowest BCUT2D eigenvalue weighted by Crippen LogP contribution is -2.50. The highest BCUT2D eigenvalue weighted by Crippen LogP contribution is 2.35. The van der Waals surface area contributed by atoms with Gasteiger partial charge in [-0.2, -0.15) is 0 Å². The molecule has 2 amide bonds. The molecular weight excluding hydrogens is 364 g/mol. The third-order valence-electron chi connectivity index (χ3n) is 4.88. The van der Waals surface area contributed by atoms with Crippen LogP contribution in [-0.2, 0) is 4.79 Å². The van der Waals surface area contributed by atoms with Crippen LogP contribution in [0, 0.1) is 5.41 Å². The summed E-state index contributed by atoms with van der Waals surface area (Å²) in [4.78, 5) is 26.4. The number of rotatable bonds is 6. The molecule has 142 valence electrons. The Balaban J connectivity index is 1.75. The van der Waals surface area contributed by atoms with Crippen LogP contribution in [0.3, 0.4) is 0 Å². The molecule has 5 nitrogen and oxygen atoms in total. The van der Waals surface area contributed by atoms with Gasteiger partial charge in [0, 0.05) is 35.5 Å². The van der Waals surface area contributed by atoms with Crippen LogP contribution in [0.4, 0.5) is 0 Å². The lowest BCUT2D eigenvalue weighted by molar-refractivity contribution is -0.122. The van der Waals surface area contributed by atoms with E-state index in [-0.39, 0.29) is 18.2 Å². The Morgan fingerprint density at radius 2 is 1.81 bits per heavy atom. The topological polar surface area (TPSA) is 72.6 Å². The third kappa shape index (κ3) is 5.01. The number of amides is 2. The fourth-order valence-corrected chi connectivity index (χ4v) is 3.72. The van der Waals surface area contributed by atoms with E-state index in [9.17, 15) is 9.59 Å². The molecule has 0 radical (unpaired) electrons. The number of halogens is 1. The first-order chi connectivity index (χ1) is 13.0. The predicted octanol–water partition coefficient (Wildman–Crippen LogP) is 3.52. The molecule has 1 heterocycles. The van der Waals surface area contributed by atoms with Crippen molar-refractivity contribution in [1.82, 2.24) is 4.90 Å². The van der Waals surface area contributed by atoms with E-state index in [4.69, 9.17) is 22.1 Å². The molecule has 1 saturated heterocycles. The third-order valence-corrected chi connectivity index (χ3v) is 5.13. The number of carbonyl (C=O) groups is 2. The lowest BCUT2D eigenvalue weighted by atomic mass is 9.77. The molecule has 2 aromatic rings. The summed E-state index contributed by atoms with van der Waals surface area (Å²) in [5.74, 6) is 0.287. The van der Waals surface area contributed by atoms with E-state index in [2.05, 4.69) is 0 Å². The molecule has 1 aliphatic rings.